The van der Waals surface area contributed by atoms with Gasteiger partial charge in [0.2, 0.25) is 0 Å². The van der Waals surface area contributed by atoms with E-state index in [1.807, 2.05) is 11.7 Å². The van der Waals surface area contributed by atoms with Crippen LogP contribution in [0.2, 0.25) is 0 Å². The summed E-state index contributed by atoms with van der Waals surface area (Å²) >= 11 is 0. The first-order valence-electron chi connectivity index (χ1n) is 7.11. The fourth-order valence-electron chi connectivity index (χ4n) is 2.02. The van der Waals surface area contributed by atoms with Gasteiger partial charge in [-0.15, -0.1) is 5.10 Å². The van der Waals surface area contributed by atoms with Crippen molar-refractivity contribution >= 4 is 0 Å². The Hall–Kier alpha value is -1.41. The van der Waals surface area contributed by atoms with Crippen LogP contribution in [0.25, 0.3) is 0 Å². The fourth-order valence-corrected chi connectivity index (χ4v) is 2.02. The maximum Gasteiger partial charge on any atom is 0.0996 e. The van der Waals surface area contributed by atoms with E-state index >= 15 is 0 Å². The van der Waals surface area contributed by atoms with Gasteiger partial charge in [0.25, 0.3) is 0 Å². The molecule has 19 heavy (non-hydrogen) atoms. The standard InChI is InChI=1S/C14H25N5/c1-12(2)7-8-14-13(11-16-3)17-18-19(14)10-6-4-5-9-15/h12,16H,4-8,10-11H2,1-3H3. The molecule has 0 bridgehead atoms. The van der Waals surface area contributed by atoms with Gasteiger partial charge in [-0.3, -0.25) is 0 Å². The summed E-state index contributed by atoms with van der Waals surface area (Å²) in [5.41, 5.74) is 2.31. The zero-order chi connectivity index (χ0) is 14.1. The van der Waals surface area contributed by atoms with Crippen LogP contribution in [0.3, 0.4) is 0 Å². The number of unbranched alkanes of at least 4 members (excludes halogenated alkanes) is 2. The monoisotopic (exact) mass is 263 g/mol. The lowest BCUT2D eigenvalue weighted by Crippen LogP contribution is -2.11. The van der Waals surface area contributed by atoms with Crippen LogP contribution < -0.4 is 5.32 Å². The summed E-state index contributed by atoms with van der Waals surface area (Å²) in [4.78, 5) is 0. The molecule has 1 N–H and O–H groups in total. The number of hydrogen-bond acceptors (Lipinski definition) is 4. The number of aromatic nitrogens is 3. The summed E-state index contributed by atoms with van der Waals surface area (Å²) < 4.78 is 2.02. The van der Waals surface area contributed by atoms with Crippen LogP contribution in [0, 0.1) is 17.2 Å². The van der Waals surface area contributed by atoms with Crippen molar-refractivity contribution in [2.24, 2.45) is 5.92 Å². The summed E-state index contributed by atoms with van der Waals surface area (Å²) in [7, 11) is 1.93. The highest BCUT2D eigenvalue weighted by molar-refractivity contribution is 5.10. The van der Waals surface area contributed by atoms with Gasteiger partial charge in [-0.25, -0.2) is 4.68 Å². The quantitative estimate of drug-likeness (QED) is 0.694. The molecule has 0 radical (unpaired) electrons. The highest BCUT2D eigenvalue weighted by atomic mass is 15.4. The van der Waals surface area contributed by atoms with Crippen molar-refractivity contribution in [1.29, 1.82) is 5.26 Å². The van der Waals surface area contributed by atoms with Crippen molar-refractivity contribution in [3.8, 4) is 6.07 Å². The number of nitriles is 1. The van der Waals surface area contributed by atoms with E-state index in [9.17, 15) is 0 Å². The van der Waals surface area contributed by atoms with E-state index in [1.165, 1.54) is 5.69 Å². The molecule has 0 aromatic carbocycles. The average molecular weight is 263 g/mol. The zero-order valence-electron chi connectivity index (χ0n) is 12.3. The predicted octanol–water partition coefficient (Wildman–Crippen LogP) is 2.28. The fraction of sp³-hybridized carbons (Fsp3) is 0.786. The molecule has 0 atom stereocenters. The van der Waals surface area contributed by atoms with Crippen molar-refractivity contribution in [1.82, 2.24) is 20.3 Å². The van der Waals surface area contributed by atoms with Gasteiger partial charge in [0.05, 0.1) is 17.5 Å². The molecule has 5 heteroatoms. The second kappa shape index (κ2) is 8.65. The van der Waals surface area contributed by atoms with Crippen molar-refractivity contribution in [2.75, 3.05) is 7.05 Å². The Morgan fingerprint density at radius 3 is 2.79 bits per heavy atom. The summed E-state index contributed by atoms with van der Waals surface area (Å²) in [6, 6.07) is 2.18. The molecule has 0 aliphatic rings. The number of rotatable bonds is 9. The summed E-state index contributed by atoms with van der Waals surface area (Å²) in [6.07, 6.45) is 4.73. The lowest BCUT2D eigenvalue weighted by molar-refractivity contribution is 0.504. The Morgan fingerprint density at radius 1 is 1.37 bits per heavy atom. The minimum Gasteiger partial charge on any atom is -0.314 e. The van der Waals surface area contributed by atoms with E-state index in [1.54, 1.807) is 0 Å². The van der Waals surface area contributed by atoms with Crippen molar-refractivity contribution < 1.29 is 0 Å². The molecule has 0 saturated carbocycles. The summed E-state index contributed by atoms with van der Waals surface area (Å²) in [5.74, 6) is 0.685. The van der Waals surface area contributed by atoms with Crippen LogP contribution in [0.1, 0.15) is 50.9 Å². The lowest BCUT2D eigenvalue weighted by Gasteiger charge is -2.09. The molecule has 1 aromatic heterocycles. The lowest BCUT2D eigenvalue weighted by atomic mass is 10.1. The molecule has 1 rings (SSSR count). The number of nitrogens with one attached hydrogen (secondary N) is 1. The Balaban J connectivity index is 2.64. The Kier molecular flexibility index (Phi) is 7.12. The topological polar surface area (TPSA) is 66.5 Å². The van der Waals surface area contributed by atoms with Gasteiger partial charge in [0, 0.05) is 19.5 Å². The maximum absolute atomic E-state index is 8.54. The molecule has 5 nitrogen and oxygen atoms in total. The predicted molar refractivity (Wildman–Crippen MR) is 75.4 cm³/mol. The van der Waals surface area contributed by atoms with E-state index in [2.05, 4.69) is 35.5 Å². The molecule has 0 unspecified atom stereocenters. The van der Waals surface area contributed by atoms with E-state index in [-0.39, 0.29) is 0 Å². The molecule has 0 amide bonds. The third kappa shape index (κ3) is 5.39. The molecule has 0 saturated heterocycles. The van der Waals surface area contributed by atoms with Crippen molar-refractivity contribution in [3.05, 3.63) is 11.4 Å². The highest BCUT2D eigenvalue weighted by Gasteiger charge is 2.12. The molecule has 0 fully saturated rings. The molecular formula is C14H25N5. The Morgan fingerprint density at radius 2 is 2.16 bits per heavy atom. The minimum atomic E-state index is 0.624. The van der Waals surface area contributed by atoms with Gasteiger partial charge >= 0.3 is 0 Å². The van der Waals surface area contributed by atoms with Gasteiger partial charge in [-0.05, 0) is 38.6 Å². The van der Waals surface area contributed by atoms with E-state index in [0.29, 0.717) is 12.3 Å². The third-order valence-corrected chi connectivity index (χ3v) is 3.13. The van der Waals surface area contributed by atoms with Crippen LogP contribution >= 0.6 is 0 Å². The first kappa shape index (κ1) is 15.6. The SMILES string of the molecule is CNCc1nnn(CCCCC#N)c1CCC(C)C. The first-order chi connectivity index (χ1) is 9.19. The molecule has 1 aromatic rings. The van der Waals surface area contributed by atoms with Crippen molar-refractivity contribution in [2.45, 2.75) is 59.0 Å². The van der Waals surface area contributed by atoms with E-state index in [0.717, 1.165) is 44.5 Å². The smallest absolute Gasteiger partial charge is 0.0996 e. The second-order valence-corrected chi connectivity index (χ2v) is 5.28. The van der Waals surface area contributed by atoms with Gasteiger partial charge in [-0.2, -0.15) is 5.26 Å². The first-order valence-corrected chi connectivity index (χ1v) is 7.11. The normalized spacial score (nSPS) is 10.9. The summed E-state index contributed by atoms with van der Waals surface area (Å²) in [5, 5.41) is 20.2. The van der Waals surface area contributed by atoms with Crippen LogP contribution in [-0.2, 0) is 19.5 Å². The zero-order valence-corrected chi connectivity index (χ0v) is 12.3. The van der Waals surface area contributed by atoms with Crippen LogP contribution in [-0.4, -0.2) is 22.0 Å². The van der Waals surface area contributed by atoms with Gasteiger partial charge in [0.1, 0.15) is 0 Å². The molecular weight excluding hydrogens is 238 g/mol. The minimum absolute atomic E-state index is 0.624. The second-order valence-electron chi connectivity index (χ2n) is 5.28. The number of aryl methyl sites for hydroxylation is 1. The Bertz CT molecular complexity index is 402. The molecule has 0 aliphatic carbocycles. The molecule has 0 spiro atoms. The van der Waals surface area contributed by atoms with E-state index < -0.39 is 0 Å². The van der Waals surface area contributed by atoms with Gasteiger partial charge in [0.15, 0.2) is 0 Å². The van der Waals surface area contributed by atoms with Gasteiger partial charge in [-0.1, -0.05) is 19.1 Å². The van der Waals surface area contributed by atoms with Crippen LogP contribution in [0.5, 0.6) is 0 Å². The number of nitrogens with zero attached hydrogens (tertiary/aromatic N) is 4. The molecule has 106 valence electrons. The number of hydrogen-bond donors (Lipinski definition) is 1. The third-order valence-electron chi connectivity index (χ3n) is 3.13. The Labute approximate surface area is 116 Å². The summed E-state index contributed by atoms with van der Waals surface area (Å²) in [6.45, 7) is 6.11. The van der Waals surface area contributed by atoms with Gasteiger partial charge < -0.3 is 5.32 Å². The van der Waals surface area contributed by atoms with E-state index in [4.69, 9.17) is 5.26 Å². The van der Waals surface area contributed by atoms with Crippen LogP contribution in [0.15, 0.2) is 0 Å². The maximum atomic E-state index is 8.54. The van der Waals surface area contributed by atoms with Crippen LogP contribution in [0.4, 0.5) is 0 Å². The average Bonchev–Trinajstić information content (AvgIpc) is 2.75. The largest absolute Gasteiger partial charge is 0.314 e. The highest BCUT2D eigenvalue weighted by Crippen LogP contribution is 2.13. The molecule has 1 heterocycles. The molecule has 0 aliphatic heterocycles. The van der Waals surface area contributed by atoms with Crippen molar-refractivity contribution in [3.63, 3.8) is 0 Å².